The van der Waals surface area contributed by atoms with Gasteiger partial charge in [0.05, 0.1) is 11.5 Å². The van der Waals surface area contributed by atoms with Crippen LogP contribution in [0.2, 0.25) is 0 Å². The first-order chi connectivity index (χ1) is 6.25. The van der Waals surface area contributed by atoms with Crippen molar-refractivity contribution in [1.82, 2.24) is 4.90 Å². The lowest BCUT2D eigenvalue weighted by molar-refractivity contribution is -0.147. The predicted octanol–water partition coefficient (Wildman–Crippen LogP) is 0.800. The number of carboxylic acids is 1. The molecule has 0 bridgehead atoms. The van der Waals surface area contributed by atoms with Gasteiger partial charge in [0.1, 0.15) is 0 Å². The van der Waals surface area contributed by atoms with E-state index < -0.39 is 11.4 Å². The second-order valence-electron chi connectivity index (χ2n) is 4.56. The zero-order valence-electron chi connectivity index (χ0n) is 9.45. The SMILES string of the molecule is CC(O)CCN(C)CC(C)(C)C(=O)O. The summed E-state index contributed by atoms with van der Waals surface area (Å²) in [6.07, 6.45) is 0.344. The fraction of sp³-hybridized carbons (Fsp3) is 0.900. The van der Waals surface area contributed by atoms with Gasteiger partial charge in [0.25, 0.3) is 0 Å². The molecule has 0 aliphatic rings. The Bertz CT molecular complexity index is 190. The van der Waals surface area contributed by atoms with E-state index in [0.717, 1.165) is 0 Å². The Balaban J connectivity index is 3.93. The van der Waals surface area contributed by atoms with Gasteiger partial charge in [-0.1, -0.05) is 0 Å². The molecule has 0 fully saturated rings. The second kappa shape index (κ2) is 5.32. The average molecular weight is 203 g/mol. The molecule has 0 aliphatic carbocycles. The quantitative estimate of drug-likeness (QED) is 0.670. The first kappa shape index (κ1) is 13.4. The third kappa shape index (κ3) is 5.19. The van der Waals surface area contributed by atoms with Gasteiger partial charge >= 0.3 is 5.97 Å². The van der Waals surface area contributed by atoms with Gasteiger partial charge in [-0.2, -0.15) is 0 Å². The highest BCUT2D eigenvalue weighted by Gasteiger charge is 2.28. The van der Waals surface area contributed by atoms with E-state index in [1.165, 1.54) is 0 Å². The zero-order valence-corrected chi connectivity index (χ0v) is 9.45. The number of carbonyl (C=O) groups is 1. The van der Waals surface area contributed by atoms with Gasteiger partial charge < -0.3 is 15.1 Å². The first-order valence-corrected chi connectivity index (χ1v) is 4.85. The van der Waals surface area contributed by atoms with Crippen LogP contribution in [0.1, 0.15) is 27.2 Å². The summed E-state index contributed by atoms with van der Waals surface area (Å²) in [6, 6.07) is 0. The number of aliphatic hydroxyl groups is 1. The lowest BCUT2D eigenvalue weighted by atomic mass is 9.93. The standard InChI is InChI=1S/C10H21NO3/c1-8(12)5-6-11(4)7-10(2,3)9(13)14/h8,12H,5-7H2,1-4H3,(H,13,14). The van der Waals surface area contributed by atoms with Crippen molar-refractivity contribution in [2.24, 2.45) is 5.41 Å². The van der Waals surface area contributed by atoms with Crippen molar-refractivity contribution in [3.63, 3.8) is 0 Å². The molecule has 0 aromatic rings. The van der Waals surface area contributed by atoms with Crippen LogP contribution in [-0.4, -0.2) is 47.3 Å². The molecule has 1 atom stereocenters. The Hall–Kier alpha value is -0.610. The summed E-state index contributed by atoms with van der Waals surface area (Å²) in [5.41, 5.74) is -0.729. The van der Waals surface area contributed by atoms with Gasteiger partial charge in [0.15, 0.2) is 0 Å². The highest BCUT2D eigenvalue weighted by atomic mass is 16.4. The van der Waals surface area contributed by atoms with Crippen molar-refractivity contribution in [1.29, 1.82) is 0 Å². The lowest BCUT2D eigenvalue weighted by Gasteiger charge is -2.26. The second-order valence-corrected chi connectivity index (χ2v) is 4.56. The molecule has 0 aliphatic heterocycles. The van der Waals surface area contributed by atoms with Crippen molar-refractivity contribution in [3.8, 4) is 0 Å². The van der Waals surface area contributed by atoms with Gasteiger partial charge in [-0.15, -0.1) is 0 Å². The minimum Gasteiger partial charge on any atom is -0.481 e. The number of nitrogens with zero attached hydrogens (tertiary/aromatic N) is 1. The first-order valence-electron chi connectivity index (χ1n) is 4.85. The van der Waals surface area contributed by atoms with Crippen molar-refractivity contribution in [2.45, 2.75) is 33.3 Å². The van der Waals surface area contributed by atoms with Gasteiger partial charge in [-0.05, 0) is 34.2 Å². The maximum Gasteiger partial charge on any atom is 0.310 e. The van der Waals surface area contributed by atoms with Crippen LogP contribution in [-0.2, 0) is 4.79 Å². The van der Waals surface area contributed by atoms with Gasteiger partial charge in [0, 0.05) is 13.1 Å². The monoisotopic (exact) mass is 203 g/mol. The normalized spacial score (nSPS) is 14.4. The molecular weight excluding hydrogens is 182 g/mol. The molecule has 0 aromatic carbocycles. The summed E-state index contributed by atoms with van der Waals surface area (Å²) >= 11 is 0. The van der Waals surface area contributed by atoms with Crippen LogP contribution in [0.4, 0.5) is 0 Å². The van der Waals surface area contributed by atoms with Crippen molar-refractivity contribution < 1.29 is 15.0 Å². The highest BCUT2D eigenvalue weighted by Crippen LogP contribution is 2.16. The van der Waals surface area contributed by atoms with Gasteiger partial charge in [-0.3, -0.25) is 4.79 Å². The molecule has 4 nitrogen and oxygen atoms in total. The number of hydrogen-bond donors (Lipinski definition) is 2. The molecular formula is C10H21NO3. The van der Waals surface area contributed by atoms with E-state index in [-0.39, 0.29) is 6.10 Å². The van der Waals surface area contributed by atoms with E-state index in [0.29, 0.717) is 19.5 Å². The fourth-order valence-corrected chi connectivity index (χ4v) is 1.23. The summed E-state index contributed by atoms with van der Waals surface area (Å²) in [5, 5.41) is 18.0. The van der Waals surface area contributed by atoms with E-state index in [1.807, 2.05) is 11.9 Å². The Morgan fingerprint density at radius 2 is 2.00 bits per heavy atom. The molecule has 0 saturated heterocycles. The van der Waals surface area contributed by atoms with E-state index >= 15 is 0 Å². The molecule has 0 amide bonds. The van der Waals surface area contributed by atoms with E-state index in [9.17, 15) is 4.79 Å². The molecule has 0 spiro atoms. The number of aliphatic hydroxyl groups excluding tert-OH is 1. The predicted molar refractivity (Wildman–Crippen MR) is 55.2 cm³/mol. The summed E-state index contributed by atoms with van der Waals surface area (Å²) < 4.78 is 0. The third-order valence-corrected chi connectivity index (χ3v) is 2.17. The molecule has 0 aromatic heterocycles. The average Bonchev–Trinajstić information content (AvgIpc) is 1.99. The molecule has 0 rings (SSSR count). The number of hydrogen-bond acceptors (Lipinski definition) is 3. The minimum atomic E-state index is -0.790. The van der Waals surface area contributed by atoms with Crippen LogP contribution < -0.4 is 0 Å². The highest BCUT2D eigenvalue weighted by molar-refractivity contribution is 5.73. The maximum atomic E-state index is 10.8. The van der Waals surface area contributed by atoms with E-state index in [2.05, 4.69) is 0 Å². The van der Waals surface area contributed by atoms with E-state index in [4.69, 9.17) is 10.2 Å². The maximum absolute atomic E-state index is 10.8. The number of carboxylic acid groups (broad SMARTS) is 1. The molecule has 0 heterocycles. The number of aliphatic carboxylic acids is 1. The smallest absolute Gasteiger partial charge is 0.310 e. The van der Waals surface area contributed by atoms with Crippen LogP contribution in [0.25, 0.3) is 0 Å². The number of rotatable bonds is 6. The Morgan fingerprint density at radius 3 is 2.36 bits per heavy atom. The van der Waals surface area contributed by atoms with Crippen LogP contribution in [0.3, 0.4) is 0 Å². The molecule has 4 heteroatoms. The van der Waals surface area contributed by atoms with Gasteiger partial charge in [0.2, 0.25) is 0 Å². The lowest BCUT2D eigenvalue weighted by Crippen LogP contribution is -2.38. The van der Waals surface area contributed by atoms with Crippen LogP contribution in [0.15, 0.2) is 0 Å². The minimum absolute atomic E-state index is 0.328. The molecule has 14 heavy (non-hydrogen) atoms. The molecule has 0 saturated carbocycles. The Kier molecular flexibility index (Phi) is 5.08. The summed E-state index contributed by atoms with van der Waals surface area (Å²) in [4.78, 5) is 12.7. The summed E-state index contributed by atoms with van der Waals surface area (Å²) in [7, 11) is 1.87. The largest absolute Gasteiger partial charge is 0.481 e. The van der Waals surface area contributed by atoms with Gasteiger partial charge in [-0.25, -0.2) is 0 Å². The zero-order chi connectivity index (χ0) is 11.4. The van der Waals surface area contributed by atoms with Crippen molar-refractivity contribution in [3.05, 3.63) is 0 Å². The van der Waals surface area contributed by atoms with Crippen LogP contribution in [0, 0.1) is 5.41 Å². The Labute approximate surface area is 85.5 Å². The van der Waals surface area contributed by atoms with Crippen molar-refractivity contribution in [2.75, 3.05) is 20.1 Å². The molecule has 1 unspecified atom stereocenters. The van der Waals surface area contributed by atoms with Crippen LogP contribution >= 0.6 is 0 Å². The van der Waals surface area contributed by atoms with Crippen molar-refractivity contribution >= 4 is 5.97 Å². The van der Waals surface area contributed by atoms with E-state index in [1.54, 1.807) is 20.8 Å². The third-order valence-electron chi connectivity index (χ3n) is 2.17. The van der Waals surface area contributed by atoms with Crippen LogP contribution in [0.5, 0.6) is 0 Å². The summed E-state index contributed by atoms with van der Waals surface area (Å²) in [5.74, 6) is -0.790. The summed E-state index contributed by atoms with van der Waals surface area (Å²) in [6.45, 7) is 6.35. The topological polar surface area (TPSA) is 60.8 Å². The molecule has 84 valence electrons. The Morgan fingerprint density at radius 1 is 1.50 bits per heavy atom. The molecule has 0 radical (unpaired) electrons. The fourth-order valence-electron chi connectivity index (χ4n) is 1.23. The molecule has 2 N–H and O–H groups in total.